The number of rotatable bonds is 3. The van der Waals surface area contributed by atoms with E-state index in [9.17, 15) is 10.1 Å². The average molecular weight is 245 g/mol. The zero-order chi connectivity index (χ0) is 10.8. The largest absolute Gasteiger partial charge is 0.490 e. The molecular weight excluding hydrogens is 232 g/mol. The van der Waals surface area contributed by atoms with Crippen LogP contribution in [0.3, 0.4) is 0 Å². The first kappa shape index (κ1) is 12.7. The van der Waals surface area contributed by atoms with Crippen LogP contribution in [-0.2, 0) is 0 Å². The standard InChI is InChI=1S/C10H12N2O3.ClH/c1-15-10-3-2-7(8-4-5-11-8)6-9(10)12(13)14;/h2-3,6,8,11H,4-5H2,1H3;1H/t8-;/m0./s1. The Morgan fingerprint density at radius 3 is 2.69 bits per heavy atom. The van der Waals surface area contributed by atoms with Crippen molar-refractivity contribution < 1.29 is 9.66 Å². The molecule has 0 amide bonds. The van der Waals surface area contributed by atoms with Crippen LogP contribution >= 0.6 is 12.4 Å². The first-order chi connectivity index (χ1) is 7.22. The lowest BCUT2D eigenvalue weighted by atomic mass is 9.97. The van der Waals surface area contributed by atoms with Gasteiger partial charge in [0.2, 0.25) is 0 Å². The number of nitro groups is 1. The maximum absolute atomic E-state index is 10.8. The third-order valence-electron chi connectivity index (χ3n) is 2.63. The Morgan fingerprint density at radius 2 is 2.25 bits per heavy atom. The Balaban J connectivity index is 0.00000128. The minimum absolute atomic E-state index is 0. The van der Waals surface area contributed by atoms with E-state index in [1.165, 1.54) is 7.11 Å². The number of ether oxygens (including phenoxy) is 1. The predicted molar refractivity (Wildman–Crippen MR) is 62.3 cm³/mol. The SMILES string of the molecule is COc1ccc([C@@H]2CCN2)cc1[N+](=O)[O-].Cl. The molecule has 88 valence electrons. The van der Waals surface area contributed by atoms with Crippen LogP contribution in [0.1, 0.15) is 18.0 Å². The smallest absolute Gasteiger partial charge is 0.311 e. The van der Waals surface area contributed by atoms with Crippen LogP contribution in [0.15, 0.2) is 18.2 Å². The Bertz CT molecular complexity index is 394. The summed E-state index contributed by atoms with van der Waals surface area (Å²) in [6, 6.07) is 5.35. The van der Waals surface area contributed by atoms with E-state index in [0.717, 1.165) is 18.5 Å². The van der Waals surface area contributed by atoms with Crippen molar-refractivity contribution >= 4 is 18.1 Å². The molecule has 1 saturated heterocycles. The molecule has 0 spiro atoms. The molecule has 1 aliphatic heterocycles. The van der Waals surface area contributed by atoms with Gasteiger partial charge in [-0.2, -0.15) is 0 Å². The molecule has 0 unspecified atom stereocenters. The van der Waals surface area contributed by atoms with E-state index in [1.807, 2.05) is 6.07 Å². The number of hydrogen-bond donors (Lipinski definition) is 1. The van der Waals surface area contributed by atoms with Gasteiger partial charge in [0.05, 0.1) is 12.0 Å². The summed E-state index contributed by atoms with van der Waals surface area (Å²) in [5, 5.41) is 14.0. The summed E-state index contributed by atoms with van der Waals surface area (Å²) in [4.78, 5) is 10.4. The highest BCUT2D eigenvalue weighted by Gasteiger charge is 2.22. The normalized spacial score (nSPS) is 18.2. The van der Waals surface area contributed by atoms with Crippen LogP contribution in [-0.4, -0.2) is 18.6 Å². The van der Waals surface area contributed by atoms with Crippen molar-refractivity contribution in [2.75, 3.05) is 13.7 Å². The van der Waals surface area contributed by atoms with E-state index >= 15 is 0 Å². The summed E-state index contributed by atoms with van der Waals surface area (Å²) in [5.41, 5.74) is 0.984. The number of nitrogens with zero attached hydrogens (tertiary/aromatic N) is 1. The Morgan fingerprint density at radius 1 is 1.56 bits per heavy atom. The second-order valence-corrected chi connectivity index (χ2v) is 3.48. The maximum Gasteiger partial charge on any atom is 0.311 e. The van der Waals surface area contributed by atoms with Gasteiger partial charge in [0, 0.05) is 12.1 Å². The molecule has 16 heavy (non-hydrogen) atoms. The molecule has 1 fully saturated rings. The fourth-order valence-corrected chi connectivity index (χ4v) is 1.64. The molecule has 0 saturated carbocycles. The first-order valence-corrected chi connectivity index (χ1v) is 4.78. The fraction of sp³-hybridized carbons (Fsp3) is 0.400. The van der Waals surface area contributed by atoms with E-state index < -0.39 is 4.92 Å². The molecule has 6 heteroatoms. The molecule has 0 aromatic heterocycles. The Labute approximate surface area is 99.4 Å². The van der Waals surface area contributed by atoms with Crippen molar-refractivity contribution in [2.24, 2.45) is 0 Å². The van der Waals surface area contributed by atoms with Crippen molar-refractivity contribution in [1.82, 2.24) is 5.32 Å². The number of halogens is 1. The van der Waals surface area contributed by atoms with Crippen molar-refractivity contribution in [3.05, 3.63) is 33.9 Å². The molecule has 0 bridgehead atoms. The van der Waals surface area contributed by atoms with Crippen LogP contribution in [0.2, 0.25) is 0 Å². The quantitative estimate of drug-likeness (QED) is 0.653. The average Bonchev–Trinajstić information content (AvgIpc) is 2.15. The zero-order valence-electron chi connectivity index (χ0n) is 8.80. The molecule has 1 aromatic carbocycles. The van der Waals surface area contributed by atoms with Gasteiger partial charge >= 0.3 is 5.69 Å². The summed E-state index contributed by atoms with van der Waals surface area (Å²) in [5.74, 6) is 0.308. The summed E-state index contributed by atoms with van der Waals surface area (Å²) in [6.07, 6.45) is 1.03. The monoisotopic (exact) mass is 244 g/mol. The van der Waals surface area contributed by atoms with Crippen LogP contribution in [0.25, 0.3) is 0 Å². The highest BCUT2D eigenvalue weighted by molar-refractivity contribution is 5.85. The molecule has 1 aromatic rings. The van der Waals surface area contributed by atoms with Gasteiger partial charge in [-0.1, -0.05) is 6.07 Å². The maximum atomic E-state index is 10.8. The number of nitrogens with one attached hydrogen (secondary N) is 1. The molecule has 5 nitrogen and oxygen atoms in total. The number of benzene rings is 1. The highest BCUT2D eigenvalue weighted by Crippen LogP contribution is 2.32. The zero-order valence-corrected chi connectivity index (χ0v) is 9.62. The van der Waals surface area contributed by atoms with Crippen LogP contribution in [0.4, 0.5) is 5.69 Å². The van der Waals surface area contributed by atoms with Gasteiger partial charge in [-0.25, -0.2) is 0 Å². The molecule has 0 radical (unpaired) electrons. The van der Waals surface area contributed by atoms with E-state index in [0.29, 0.717) is 5.75 Å². The van der Waals surface area contributed by atoms with E-state index in [4.69, 9.17) is 4.74 Å². The lowest BCUT2D eigenvalue weighted by Crippen LogP contribution is -2.34. The molecule has 1 aliphatic rings. The van der Waals surface area contributed by atoms with Crippen molar-refractivity contribution in [1.29, 1.82) is 0 Å². The van der Waals surface area contributed by atoms with Gasteiger partial charge in [-0.15, -0.1) is 12.4 Å². The predicted octanol–water partition coefficient (Wildman–Crippen LogP) is 2.06. The third kappa shape index (κ3) is 2.25. The topological polar surface area (TPSA) is 64.4 Å². The summed E-state index contributed by atoms with van der Waals surface area (Å²) < 4.78 is 4.93. The molecule has 2 rings (SSSR count). The molecule has 1 N–H and O–H groups in total. The molecule has 1 heterocycles. The molecule has 0 aliphatic carbocycles. The second kappa shape index (κ2) is 5.14. The van der Waals surface area contributed by atoms with Crippen LogP contribution in [0, 0.1) is 10.1 Å². The fourth-order valence-electron chi connectivity index (χ4n) is 1.64. The van der Waals surface area contributed by atoms with Gasteiger partial charge in [0.1, 0.15) is 0 Å². The van der Waals surface area contributed by atoms with Crippen molar-refractivity contribution in [3.63, 3.8) is 0 Å². The summed E-state index contributed by atoms with van der Waals surface area (Å²) in [6.45, 7) is 0.977. The van der Waals surface area contributed by atoms with Gasteiger partial charge in [-0.3, -0.25) is 10.1 Å². The molecule has 1 atom stereocenters. The van der Waals surface area contributed by atoms with E-state index in [2.05, 4.69) is 5.32 Å². The van der Waals surface area contributed by atoms with Crippen molar-refractivity contribution in [3.8, 4) is 5.75 Å². The number of hydrogen-bond acceptors (Lipinski definition) is 4. The van der Waals surface area contributed by atoms with E-state index in [1.54, 1.807) is 12.1 Å². The van der Waals surface area contributed by atoms with E-state index in [-0.39, 0.29) is 24.1 Å². The van der Waals surface area contributed by atoms with Gasteiger partial charge in [-0.05, 0) is 24.6 Å². The summed E-state index contributed by atoms with van der Waals surface area (Å²) >= 11 is 0. The lowest BCUT2D eigenvalue weighted by Gasteiger charge is -2.27. The first-order valence-electron chi connectivity index (χ1n) is 4.78. The summed E-state index contributed by atoms with van der Waals surface area (Å²) in [7, 11) is 1.43. The highest BCUT2D eigenvalue weighted by atomic mass is 35.5. The van der Waals surface area contributed by atoms with Gasteiger partial charge < -0.3 is 10.1 Å². The number of methoxy groups -OCH3 is 1. The van der Waals surface area contributed by atoms with Crippen molar-refractivity contribution in [2.45, 2.75) is 12.5 Å². The lowest BCUT2D eigenvalue weighted by molar-refractivity contribution is -0.385. The minimum Gasteiger partial charge on any atom is -0.490 e. The molecular formula is C10H13ClN2O3. The van der Waals surface area contributed by atoms with Gasteiger partial charge in [0.15, 0.2) is 5.75 Å². The van der Waals surface area contributed by atoms with Gasteiger partial charge in [0.25, 0.3) is 0 Å². The Hall–Kier alpha value is -1.33. The minimum atomic E-state index is -0.416. The Kier molecular flexibility index (Phi) is 4.09. The van der Waals surface area contributed by atoms with Crippen LogP contribution in [0.5, 0.6) is 5.75 Å². The van der Waals surface area contributed by atoms with Crippen LogP contribution < -0.4 is 10.1 Å². The number of nitro benzene ring substituents is 1. The third-order valence-corrected chi connectivity index (χ3v) is 2.63. The second-order valence-electron chi connectivity index (χ2n) is 3.48.